The Labute approximate surface area is 98.3 Å². The predicted molar refractivity (Wildman–Crippen MR) is 64.1 cm³/mol. The Balaban J connectivity index is 4.86. The number of rotatable bonds is 6. The summed E-state index contributed by atoms with van der Waals surface area (Å²) in [5, 5.41) is 7.82. The molecule has 0 fully saturated rings. The number of sulfonamides is 1. The van der Waals surface area contributed by atoms with Gasteiger partial charge in [0.1, 0.15) is 0 Å². The molecule has 94 valence electrons. The third kappa shape index (κ3) is 3.74. The van der Waals surface area contributed by atoms with Crippen molar-refractivity contribution < 1.29 is 8.42 Å². The average molecular weight is 247 g/mol. The van der Waals surface area contributed by atoms with Crippen molar-refractivity contribution in [3.05, 3.63) is 0 Å². The molecule has 0 aromatic rings. The standard InChI is InChI=1S/C10H21N3O2S/c1-5-9(6-11)16(14,15)13(4)8-10(2,3)7-12/h9H,5,7-8,12H2,1-4H3. The molecule has 1 atom stereocenters. The maximum atomic E-state index is 11.9. The van der Waals surface area contributed by atoms with Crippen molar-refractivity contribution in [3.8, 4) is 6.07 Å². The summed E-state index contributed by atoms with van der Waals surface area (Å²) in [7, 11) is -2.04. The number of hydrogen-bond acceptors (Lipinski definition) is 4. The Hall–Kier alpha value is -0.640. The Morgan fingerprint density at radius 1 is 1.50 bits per heavy atom. The first-order chi connectivity index (χ1) is 7.21. The molecule has 0 rings (SSSR count). The monoisotopic (exact) mass is 247 g/mol. The smallest absolute Gasteiger partial charge is 0.230 e. The maximum absolute atomic E-state index is 11.9. The van der Waals surface area contributed by atoms with Gasteiger partial charge in [0.2, 0.25) is 10.0 Å². The van der Waals surface area contributed by atoms with Gasteiger partial charge in [-0.1, -0.05) is 20.8 Å². The summed E-state index contributed by atoms with van der Waals surface area (Å²) in [6.45, 7) is 6.20. The zero-order valence-electron chi connectivity index (χ0n) is 10.4. The first-order valence-electron chi connectivity index (χ1n) is 5.26. The van der Waals surface area contributed by atoms with Crippen molar-refractivity contribution >= 4 is 10.0 Å². The molecular weight excluding hydrogens is 226 g/mol. The van der Waals surface area contributed by atoms with E-state index in [9.17, 15) is 8.42 Å². The van der Waals surface area contributed by atoms with Crippen LogP contribution in [0.4, 0.5) is 0 Å². The van der Waals surface area contributed by atoms with Crippen LogP contribution in [0.5, 0.6) is 0 Å². The molecule has 0 aromatic carbocycles. The Kier molecular flexibility index (Phi) is 5.39. The van der Waals surface area contributed by atoms with Crippen molar-refractivity contribution in [1.29, 1.82) is 5.26 Å². The van der Waals surface area contributed by atoms with E-state index in [0.717, 1.165) is 0 Å². The minimum Gasteiger partial charge on any atom is -0.330 e. The zero-order chi connectivity index (χ0) is 13.0. The molecule has 0 aliphatic carbocycles. The van der Waals surface area contributed by atoms with Gasteiger partial charge in [-0.2, -0.15) is 5.26 Å². The van der Waals surface area contributed by atoms with Crippen LogP contribution >= 0.6 is 0 Å². The Bertz CT molecular complexity index is 357. The highest BCUT2D eigenvalue weighted by Gasteiger charge is 2.31. The van der Waals surface area contributed by atoms with E-state index in [1.165, 1.54) is 11.4 Å². The van der Waals surface area contributed by atoms with E-state index >= 15 is 0 Å². The molecule has 16 heavy (non-hydrogen) atoms. The number of nitrogens with zero attached hydrogens (tertiary/aromatic N) is 2. The minimum atomic E-state index is -3.53. The van der Waals surface area contributed by atoms with Crippen molar-refractivity contribution in [2.24, 2.45) is 11.1 Å². The topological polar surface area (TPSA) is 87.2 Å². The molecule has 0 saturated carbocycles. The highest BCUT2D eigenvalue weighted by molar-refractivity contribution is 7.89. The third-order valence-electron chi connectivity index (χ3n) is 2.51. The molecule has 0 heterocycles. The second-order valence-electron chi connectivity index (χ2n) is 4.70. The number of hydrogen-bond donors (Lipinski definition) is 1. The van der Waals surface area contributed by atoms with Crippen LogP contribution in [0.3, 0.4) is 0 Å². The second kappa shape index (κ2) is 5.62. The molecule has 1 unspecified atom stereocenters. The lowest BCUT2D eigenvalue weighted by Crippen LogP contribution is -2.43. The average Bonchev–Trinajstić information content (AvgIpc) is 2.18. The van der Waals surface area contributed by atoms with Crippen molar-refractivity contribution in [2.45, 2.75) is 32.4 Å². The van der Waals surface area contributed by atoms with Crippen molar-refractivity contribution in [2.75, 3.05) is 20.1 Å². The first-order valence-corrected chi connectivity index (χ1v) is 6.76. The van der Waals surface area contributed by atoms with E-state index in [0.29, 0.717) is 19.5 Å². The molecule has 0 aromatic heterocycles. The quantitative estimate of drug-likeness (QED) is 0.742. The fourth-order valence-corrected chi connectivity index (χ4v) is 2.86. The van der Waals surface area contributed by atoms with Crippen molar-refractivity contribution in [3.63, 3.8) is 0 Å². The number of nitrogens with two attached hydrogens (primary N) is 1. The normalized spacial score (nSPS) is 14.8. The second-order valence-corrected chi connectivity index (χ2v) is 6.92. The van der Waals surface area contributed by atoms with Crippen molar-refractivity contribution in [1.82, 2.24) is 4.31 Å². The van der Waals surface area contributed by atoms with Gasteiger partial charge in [0, 0.05) is 13.6 Å². The molecular formula is C10H21N3O2S. The molecule has 0 radical (unpaired) electrons. The van der Waals surface area contributed by atoms with Crippen LogP contribution in [0, 0.1) is 16.7 Å². The van der Waals surface area contributed by atoms with E-state index in [4.69, 9.17) is 11.0 Å². The zero-order valence-corrected chi connectivity index (χ0v) is 11.2. The lowest BCUT2D eigenvalue weighted by atomic mass is 9.94. The molecule has 0 bridgehead atoms. The maximum Gasteiger partial charge on any atom is 0.230 e. The summed E-state index contributed by atoms with van der Waals surface area (Å²) in [6.07, 6.45) is 0.298. The summed E-state index contributed by atoms with van der Waals surface area (Å²) < 4.78 is 25.1. The molecule has 6 heteroatoms. The van der Waals surface area contributed by atoms with E-state index in [1.807, 2.05) is 19.9 Å². The highest BCUT2D eigenvalue weighted by Crippen LogP contribution is 2.18. The van der Waals surface area contributed by atoms with Crippen LogP contribution in [0.15, 0.2) is 0 Å². The van der Waals surface area contributed by atoms with Gasteiger partial charge < -0.3 is 5.73 Å². The minimum absolute atomic E-state index is 0.282. The summed E-state index contributed by atoms with van der Waals surface area (Å²) in [4.78, 5) is 0. The number of nitriles is 1. The van der Waals surface area contributed by atoms with Gasteiger partial charge in [-0.05, 0) is 18.4 Å². The van der Waals surface area contributed by atoms with E-state index in [1.54, 1.807) is 6.92 Å². The molecule has 0 aliphatic heterocycles. The Morgan fingerprint density at radius 2 is 2.00 bits per heavy atom. The van der Waals surface area contributed by atoms with Gasteiger partial charge in [0.15, 0.2) is 5.25 Å². The third-order valence-corrected chi connectivity index (χ3v) is 4.67. The Morgan fingerprint density at radius 3 is 2.31 bits per heavy atom. The van der Waals surface area contributed by atoms with Gasteiger partial charge >= 0.3 is 0 Å². The molecule has 0 spiro atoms. The predicted octanol–water partition coefficient (Wildman–Crippen LogP) is 0.535. The van der Waals surface area contributed by atoms with Gasteiger partial charge in [0.25, 0.3) is 0 Å². The fraction of sp³-hybridized carbons (Fsp3) is 0.900. The van der Waals surface area contributed by atoms with Crippen LogP contribution in [0.25, 0.3) is 0 Å². The van der Waals surface area contributed by atoms with E-state index in [2.05, 4.69) is 0 Å². The van der Waals surface area contributed by atoms with Crippen LogP contribution in [0.1, 0.15) is 27.2 Å². The lowest BCUT2D eigenvalue weighted by Gasteiger charge is -2.29. The van der Waals surface area contributed by atoms with Crippen LogP contribution < -0.4 is 5.73 Å². The summed E-state index contributed by atoms with van der Waals surface area (Å²) in [6, 6.07) is 1.82. The van der Waals surface area contributed by atoms with Gasteiger partial charge in [-0.3, -0.25) is 0 Å². The van der Waals surface area contributed by atoms with Gasteiger partial charge in [-0.25, -0.2) is 12.7 Å². The van der Waals surface area contributed by atoms with E-state index in [-0.39, 0.29) is 5.41 Å². The summed E-state index contributed by atoms with van der Waals surface area (Å²) in [5.74, 6) is 0. The van der Waals surface area contributed by atoms with Crippen LogP contribution in [-0.2, 0) is 10.0 Å². The molecule has 0 saturated heterocycles. The molecule has 0 amide bonds. The van der Waals surface area contributed by atoms with Crippen LogP contribution in [0.2, 0.25) is 0 Å². The molecule has 2 N–H and O–H groups in total. The summed E-state index contributed by atoms with van der Waals surface area (Å²) >= 11 is 0. The molecule has 5 nitrogen and oxygen atoms in total. The van der Waals surface area contributed by atoms with E-state index < -0.39 is 15.3 Å². The van der Waals surface area contributed by atoms with Gasteiger partial charge in [0.05, 0.1) is 6.07 Å². The SMILES string of the molecule is CCC(C#N)S(=O)(=O)N(C)CC(C)(C)CN. The largest absolute Gasteiger partial charge is 0.330 e. The highest BCUT2D eigenvalue weighted by atomic mass is 32.2. The fourth-order valence-electron chi connectivity index (χ4n) is 1.34. The summed E-state index contributed by atoms with van der Waals surface area (Å²) in [5.41, 5.74) is 5.27. The van der Waals surface area contributed by atoms with Gasteiger partial charge in [-0.15, -0.1) is 0 Å². The first kappa shape index (κ1) is 15.4. The lowest BCUT2D eigenvalue weighted by molar-refractivity contribution is 0.291. The van der Waals surface area contributed by atoms with Crippen LogP contribution in [-0.4, -0.2) is 38.1 Å². The molecule has 0 aliphatic rings.